The van der Waals surface area contributed by atoms with Crippen LogP contribution in [-0.2, 0) is 23.9 Å². The second kappa shape index (κ2) is 7.21. The lowest BCUT2D eigenvalue weighted by Gasteiger charge is -2.33. The third-order valence-electron chi connectivity index (χ3n) is 4.97. The van der Waals surface area contributed by atoms with Gasteiger partial charge < -0.3 is 9.47 Å². The van der Waals surface area contributed by atoms with Crippen molar-refractivity contribution >= 4 is 29.1 Å². The van der Waals surface area contributed by atoms with E-state index in [1.807, 2.05) is 6.07 Å². The van der Waals surface area contributed by atoms with Crippen LogP contribution in [0.2, 0.25) is 5.02 Å². The van der Waals surface area contributed by atoms with Crippen LogP contribution < -0.4 is 0 Å². The Kier molecular flexibility index (Phi) is 5.24. The zero-order chi connectivity index (χ0) is 20.7. The summed E-state index contributed by atoms with van der Waals surface area (Å²) in [6.07, 6.45) is 0.165. The Labute approximate surface area is 168 Å². The average molecular weight is 405 g/mol. The molecule has 0 saturated heterocycles. The maximum atomic E-state index is 13.2. The van der Waals surface area contributed by atoms with Gasteiger partial charge in [-0.05, 0) is 39.7 Å². The highest BCUT2D eigenvalue weighted by Crippen LogP contribution is 2.49. The van der Waals surface area contributed by atoms with Gasteiger partial charge in [-0.3, -0.25) is 4.79 Å². The fourth-order valence-corrected chi connectivity index (χ4v) is 3.21. The molecule has 1 atom stereocenters. The summed E-state index contributed by atoms with van der Waals surface area (Å²) >= 11 is 6.31. The van der Waals surface area contributed by atoms with E-state index in [0.717, 1.165) is 5.06 Å². The molecule has 3 rings (SSSR count). The highest BCUT2D eigenvalue weighted by Gasteiger charge is 2.56. The summed E-state index contributed by atoms with van der Waals surface area (Å²) in [6.45, 7) is 5.01. The molecule has 1 aliphatic heterocycles. The maximum Gasteiger partial charge on any atom is 0.331 e. The first kappa shape index (κ1) is 20.3. The van der Waals surface area contributed by atoms with Crippen molar-refractivity contribution in [2.24, 2.45) is 5.41 Å². The summed E-state index contributed by atoms with van der Waals surface area (Å²) in [6, 6.07) is 8.78. The highest BCUT2D eigenvalue weighted by atomic mass is 35.5. The summed E-state index contributed by atoms with van der Waals surface area (Å²) in [5.41, 5.74) is -1.73. The van der Waals surface area contributed by atoms with Crippen LogP contribution in [0.1, 0.15) is 39.2 Å². The predicted molar refractivity (Wildman–Crippen MR) is 100 cm³/mol. The van der Waals surface area contributed by atoms with Gasteiger partial charge in [0.15, 0.2) is 11.7 Å². The SMILES string of the molecule is COC(C)ON1C(=O)C(c2ccccc2Cl)=C(OC(=O)C2(C#N)CC2)C1(C)C. The van der Waals surface area contributed by atoms with Crippen LogP contribution in [-0.4, -0.2) is 35.9 Å². The zero-order valence-electron chi connectivity index (χ0n) is 16.1. The van der Waals surface area contributed by atoms with Crippen molar-refractivity contribution in [1.82, 2.24) is 5.06 Å². The normalized spacial score (nSPS) is 20.7. The summed E-state index contributed by atoms with van der Waals surface area (Å²) in [5.74, 6) is -1.08. The number of hydrogen-bond donors (Lipinski definition) is 0. The average Bonchev–Trinajstić information content (AvgIpc) is 3.44. The molecule has 0 N–H and O–H groups in total. The monoisotopic (exact) mass is 404 g/mol. The molecule has 1 heterocycles. The van der Waals surface area contributed by atoms with Gasteiger partial charge in [-0.2, -0.15) is 5.26 Å². The van der Waals surface area contributed by atoms with E-state index in [-0.39, 0.29) is 11.3 Å². The molecular weight excluding hydrogens is 384 g/mol. The van der Waals surface area contributed by atoms with Crippen molar-refractivity contribution in [2.45, 2.75) is 45.4 Å². The fourth-order valence-electron chi connectivity index (χ4n) is 2.98. The first-order valence-electron chi connectivity index (χ1n) is 8.85. The van der Waals surface area contributed by atoms with Crippen molar-refractivity contribution in [1.29, 1.82) is 5.26 Å². The van der Waals surface area contributed by atoms with E-state index in [9.17, 15) is 14.9 Å². The van der Waals surface area contributed by atoms with E-state index in [1.165, 1.54) is 7.11 Å². The Morgan fingerprint density at radius 2 is 1.96 bits per heavy atom. The van der Waals surface area contributed by atoms with Gasteiger partial charge in [-0.25, -0.2) is 14.7 Å². The molecule has 148 valence electrons. The number of benzene rings is 1. The van der Waals surface area contributed by atoms with Gasteiger partial charge in [0.2, 0.25) is 0 Å². The van der Waals surface area contributed by atoms with Crippen LogP contribution in [0.25, 0.3) is 5.57 Å². The highest BCUT2D eigenvalue weighted by molar-refractivity contribution is 6.35. The third kappa shape index (κ3) is 3.28. The molecule has 1 saturated carbocycles. The zero-order valence-corrected chi connectivity index (χ0v) is 16.9. The topological polar surface area (TPSA) is 88.9 Å². The predicted octanol–water partition coefficient (Wildman–Crippen LogP) is 3.44. The Bertz CT molecular complexity index is 898. The van der Waals surface area contributed by atoms with Gasteiger partial charge in [0, 0.05) is 17.7 Å². The molecule has 1 amide bonds. The number of ether oxygens (including phenoxy) is 2. The molecular formula is C20H21ClN2O5. The molecule has 0 aromatic heterocycles. The van der Waals surface area contributed by atoms with Gasteiger partial charge in [0.25, 0.3) is 5.91 Å². The molecule has 28 heavy (non-hydrogen) atoms. The number of amides is 1. The van der Waals surface area contributed by atoms with Crippen LogP contribution in [0.3, 0.4) is 0 Å². The van der Waals surface area contributed by atoms with Crippen LogP contribution in [0.15, 0.2) is 30.0 Å². The summed E-state index contributed by atoms with van der Waals surface area (Å²) < 4.78 is 10.8. The minimum Gasteiger partial charge on any atom is -0.426 e. The number of nitrogens with zero attached hydrogens (tertiary/aromatic N) is 2. The smallest absolute Gasteiger partial charge is 0.331 e. The first-order valence-corrected chi connectivity index (χ1v) is 9.23. The number of hydroxylamine groups is 2. The molecule has 1 fully saturated rings. The lowest BCUT2D eigenvalue weighted by atomic mass is 9.98. The molecule has 0 radical (unpaired) electrons. The van der Waals surface area contributed by atoms with Gasteiger partial charge in [0.05, 0.1) is 11.6 Å². The number of halogens is 1. The Balaban J connectivity index is 2.09. The number of nitriles is 1. The Morgan fingerprint density at radius 1 is 1.32 bits per heavy atom. The van der Waals surface area contributed by atoms with Crippen molar-refractivity contribution in [3.63, 3.8) is 0 Å². The number of hydrogen-bond acceptors (Lipinski definition) is 6. The minimum atomic E-state index is -1.15. The van der Waals surface area contributed by atoms with E-state index >= 15 is 0 Å². The minimum absolute atomic E-state index is 0.0976. The fraction of sp³-hybridized carbons (Fsp3) is 0.450. The molecule has 1 aromatic rings. The van der Waals surface area contributed by atoms with Gasteiger partial charge in [0.1, 0.15) is 11.3 Å². The standard InChI is InChI=1S/C20H21ClN2O5/c1-12(26-4)28-23-17(24)15(13-7-5-6-8-14(13)21)16(19(23,2)3)27-18(25)20(11-22)9-10-20/h5-8,12H,9-10H2,1-4H3. The molecule has 2 aliphatic rings. The van der Waals surface area contributed by atoms with Crippen molar-refractivity contribution in [3.8, 4) is 6.07 Å². The van der Waals surface area contributed by atoms with E-state index in [1.54, 1.807) is 45.0 Å². The lowest BCUT2D eigenvalue weighted by molar-refractivity contribution is -0.276. The number of esters is 1. The van der Waals surface area contributed by atoms with Crippen LogP contribution in [0.5, 0.6) is 0 Å². The number of carbonyl (C=O) groups excluding carboxylic acids is 2. The van der Waals surface area contributed by atoms with E-state index in [0.29, 0.717) is 23.4 Å². The molecule has 0 spiro atoms. The van der Waals surface area contributed by atoms with Crippen LogP contribution in [0, 0.1) is 16.7 Å². The molecule has 8 heteroatoms. The molecule has 1 aliphatic carbocycles. The number of carbonyl (C=O) groups is 2. The van der Waals surface area contributed by atoms with E-state index < -0.39 is 29.1 Å². The first-order chi connectivity index (χ1) is 13.2. The largest absolute Gasteiger partial charge is 0.426 e. The molecule has 1 aromatic carbocycles. The van der Waals surface area contributed by atoms with Gasteiger partial charge in [-0.1, -0.05) is 29.8 Å². The van der Waals surface area contributed by atoms with Crippen molar-refractivity contribution < 1.29 is 23.9 Å². The van der Waals surface area contributed by atoms with E-state index in [2.05, 4.69) is 0 Å². The third-order valence-corrected chi connectivity index (χ3v) is 5.30. The summed E-state index contributed by atoms with van der Waals surface area (Å²) in [4.78, 5) is 31.5. The van der Waals surface area contributed by atoms with Crippen LogP contribution >= 0.6 is 11.6 Å². The lowest BCUT2D eigenvalue weighted by Crippen LogP contribution is -2.46. The van der Waals surface area contributed by atoms with Crippen molar-refractivity contribution in [2.75, 3.05) is 7.11 Å². The second-order valence-corrected chi connectivity index (χ2v) is 7.74. The number of methoxy groups -OCH3 is 1. The van der Waals surface area contributed by atoms with Gasteiger partial charge >= 0.3 is 5.97 Å². The summed E-state index contributed by atoms with van der Waals surface area (Å²) in [5, 5.41) is 10.8. The maximum absolute atomic E-state index is 13.2. The Morgan fingerprint density at radius 3 is 2.50 bits per heavy atom. The van der Waals surface area contributed by atoms with Crippen molar-refractivity contribution in [3.05, 3.63) is 40.6 Å². The second-order valence-electron chi connectivity index (χ2n) is 7.33. The van der Waals surface area contributed by atoms with Gasteiger partial charge in [-0.15, -0.1) is 0 Å². The number of rotatable bonds is 6. The molecule has 0 bridgehead atoms. The summed E-state index contributed by atoms with van der Waals surface area (Å²) in [7, 11) is 1.45. The Hall–Kier alpha value is -2.40. The quantitative estimate of drug-likeness (QED) is 0.533. The van der Waals surface area contributed by atoms with E-state index in [4.69, 9.17) is 25.9 Å². The van der Waals surface area contributed by atoms with Crippen LogP contribution in [0.4, 0.5) is 0 Å². The molecule has 7 nitrogen and oxygen atoms in total. The molecule has 1 unspecified atom stereocenters.